The van der Waals surface area contributed by atoms with Crippen molar-refractivity contribution in [3.05, 3.63) is 59.7 Å². The lowest BCUT2D eigenvalue weighted by atomic mass is 9.92. The number of nitrogens with one attached hydrogen (secondary N) is 1. The Morgan fingerprint density at radius 1 is 1.09 bits per heavy atom. The Morgan fingerprint density at radius 2 is 1.71 bits per heavy atom. The molecule has 2 aromatic carbocycles. The van der Waals surface area contributed by atoms with Crippen molar-refractivity contribution in [2.45, 2.75) is 37.8 Å². The van der Waals surface area contributed by atoms with Crippen LogP contribution in [0.15, 0.2) is 48.5 Å². The highest BCUT2D eigenvalue weighted by atomic mass is 16.5. The molecular weight excluding hydrogens is 436 g/mol. The predicted octanol–water partition coefficient (Wildman–Crippen LogP) is 3.25. The van der Waals surface area contributed by atoms with Gasteiger partial charge in [0, 0.05) is 19.6 Å². The fourth-order valence-corrected chi connectivity index (χ4v) is 4.96. The summed E-state index contributed by atoms with van der Waals surface area (Å²) in [6.07, 6.45) is 0.348. The Balaban J connectivity index is 1.43. The monoisotopic (exact) mass is 466 g/mol. The van der Waals surface area contributed by atoms with Crippen LogP contribution in [0.5, 0.6) is 0 Å². The number of nitrogens with zero attached hydrogens (tertiary/aromatic N) is 1. The topological polar surface area (TPSA) is 105 Å². The molecule has 2 unspecified atom stereocenters. The van der Waals surface area contributed by atoms with Crippen LogP contribution in [0.3, 0.4) is 0 Å². The van der Waals surface area contributed by atoms with E-state index in [9.17, 15) is 19.5 Å². The minimum absolute atomic E-state index is 0.0819. The molecule has 2 N–H and O–H groups in total. The second-order valence-corrected chi connectivity index (χ2v) is 8.99. The van der Waals surface area contributed by atoms with E-state index in [2.05, 4.69) is 17.4 Å². The number of likely N-dealkylation sites (tertiary alicyclic amines) is 1. The number of amides is 2. The molecular formula is C26H30N2O6. The molecule has 0 aromatic heterocycles. The van der Waals surface area contributed by atoms with Gasteiger partial charge in [0.25, 0.3) is 0 Å². The third-order valence-corrected chi connectivity index (χ3v) is 6.70. The molecule has 0 saturated carbocycles. The number of ether oxygens (including phenoxy) is 2. The Labute approximate surface area is 198 Å². The first kappa shape index (κ1) is 23.8. The van der Waals surface area contributed by atoms with Crippen molar-refractivity contribution in [3.8, 4) is 11.1 Å². The summed E-state index contributed by atoms with van der Waals surface area (Å²) in [5.74, 6) is -1.41. The summed E-state index contributed by atoms with van der Waals surface area (Å²) in [5, 5.41) is 12.2. The molecule has 1 aliphatic carbocycles. The smallest absolute Gasteiger partial charge is 0.407 e. The number of fused-ring (bicyclic) bond motifs is 3. The first-order valence-electron chi connectivity index (χ1n) is 11.5. The average Bonchev–Trinajstić information content (AvgIpc) is 3.15. The van der Waals surface area contributed by atoms with E-state index in [1.54, 1.807) is 0 Å². The van der Waals surface area contributed by atoms with Crippen LogP contribution in [0.25, 0.3) is 11.1 Å². The molecule has 2 amide bonds. The van der Waals surface area contributed by atoms with E-state index in [1.807, 2.05) is 43.3 Å². The summed E-state index contributed by atoms with van der Waals surface area (Å²) in [6, 6.07) is 14.1. The molecule has 0 spiro atoms. The van der Waals surface area contributed by atoms with Crippen molar-refractivity contribution in [1.82, 2.24) is 10.2 Å². The highest BCUT2D eigenvalue weighted by Crippen LogP contribution is 2.44. The SMILES string of the molecule is COC[C@H](NC(=O)OCC1c2ccccc2-c2ccccc21)C(=O)N1CCC(C)CC1C(=O)O. The third-order valence-electron chi connectivity index (χ3n) is 6.70. The summed E-state index contributed by atoms with van der Waals surface area (Å²) >= 11 is 0. The number of carbonyl (C=O) groups is 3. The van der Waals surface area contributed by atoms with Gasteiger partial charge in [-0.1, -0.05) is 55.5 Å². The van der Waals surface area contributed by atoms with Crippen LogP contribution < -0.4 is 5.32 Å². The van der Waals surface area contributed by atoms with Gasteiger partial charge < -0.3 is 24.8 Å². The maximum atomic E-state index is 13.1. The van der Waals surface area contributed by atoms with Gasteiger partial charge >= 0.3 is 12.1 Å². The van der Waals surface area contributed by atoms with Crippen molar-refractivity contribution < 1.29 is 29.0 Å². The lowest BCUT2D eigenvalue weighted by molar-refractivity contribution is -0.154. The number of piperidine rings is 1. The largest absolute Gasteiger partial charge is 0.480 e. The number of rotatable bonds is 7. The molecule has 34 heavy (non-hydrogen) atoms. The second kappa shape index (κ2) is 10.3. The highest BCUT2D eigenvalue weighted by Gasteiger charge is 2.38. The van der Waals surface area contributed by atoms with Gasteiger partial charge in [0.15, 0.2) is 0 Å². The van der Waals surface area contributed by atoms with Gasteiger partial charge in [-0.15, -0.1) is 0 Å². The van der Waals surface area contributed by atoms with E-state index in [4.69, 9.17) is 9.47 Å². The molecule has 180 valence electrons. The van der Waals surface area contributed by atoms with Crippen LogP contribution in [-0.2, 0) is 19.1 Å². The zero-order valence-electron chi connectivity index (χ0n) is 19.4. The van der Waals surface area contributed by atoms with Crippen molar-refractivity contribution >= 4 is 18.0 Å². The number of carbonyl (C=O) groups excluding carboxylic acids is 2. The van der Waals surface area contributed by atoms with Crippen LogP contribution in [-0.4, -0.2) is 66.9 Å². The summed E-state index contributed by atoms with van der Waals surface area (Å²) in [6.45, 7) is 2.33. The maximum Gasteiger partial charge on any atom is 0.407 e. The molecule has 8 heteroatoms. The number of methoxy groups -OCH3 is 1. The number of carboxylic acid groups (broad SMARTS) is 1. The Hall–Kier alpha value is -3.39. The van der Waals surface area contributed by atoms with Gasteiger partial charge in [0.05, 0.1) is 6.61 Å². The summed E-state index contributed by atoms with van der Waals surface area (Å²) in [4.78, 5) is 38.9. The third kappa shape index (κ3) is 4.77. The number of alkyl carbamates (subject to hydrolysis) is 1. The van der Waals surface area contributed by atoms with Gasteiger partial charge in [-0.3, -0.25) is 4.79 Å². The lowest BCUT2D eigenvalue weighted by Crippen LogP contribution is -2.57. The quantitative estimate of drug-likeness (QED) is 0.649. The molecule has 1 aliphatic heterocycles. The van der Waals surface area contributed by atoms with E-state index >= 15 is 0 Å². The van der Waals surface area contributed by atoms with Gasteiger partial charge in [-0.2, -0.15) is 0 Å². The normalized spacial score (nSPS) is 20.2. The Bertz CT molecular complexity index is 1030. The fourth-order valence-electron chi connectivity index (χ4n) is 4.96. The van der Waals surface area contributed by atoms with Crippen molar-refractivity contribution in [3.63, 3.8) is 0 Å². The molecule has 0 radical (unpaired) electrons. The minimum atomic E-state index is -1.04. The van der Waals surface area contributed by atoms with Crippen molar-refractivity contribution in [1.29, 1.82) is 0 Å². The number of carboxylic acids is 1. The van der Waals surface area contributed by atoms with Gasteiger partial charge in [-0.25, -0.2) is 9.59 Å². The number of hydrogen-bond acceptors (Lipinski definition) is 5. The number of benzene rings is 2. The molecule has 1 heterocycles. The molecule has 2 aromatic rings. The first-order valence-corrected chi connectivity index (χ1v) is 11.5. The molecule has 2 aliphatic rings. The van der Waals surface area contributed by atoms with E-state index in [1.165, 1.54) is 12.0 Å². The number of hydrogen-bond donors (Lipinski definition) is 2. The molecule has 8 nitrogen and oxygen atoms in total. The van der Waals surface area contributed by atoms with Crippen LogP contribution >= 0.6 is 0 Å². The minimum Gasteiger partial charge on any atom is -0.480 e. The van der Waals surface area contributed by atoms with Gasteiger partial charge in [0.2, 0.25) is 5.91 Å². The zero-order chi connectivity index (χ0) is 24.2. The number of aliphatic carboxylic acids is 1. The molecule has 1 saturated heterocycles. The van der Waals surface area contributed by atoms with Gasteiger partial charge in [-0.05, 0) is 41.0 Å². The second-order valence-electron chi connectivity index (χ2n) is 8.99. The van der Waals surface area contributed by atoms with E-state index < -0.39 is 30.1 Å². The Kier molecular flexibility index (Phi) is 7.17. The summed E-state index contributed by atoms with van der Waals surface area (Å²) in [5.41, 5.74) is 4.43. The van der Waals surface area contributed by atoms with Crippen molar-refractivity contribution in [2.75, 3.05) is 26.9 Å². The fraction of sp³-hybridized carbons (Fsp3) is 0.423. The summed E-state index contributed by atoms with van der Waals surface area (Å²) < 4.78 is 10.7. The molecule has 3 atom stereocenters. The standard InChI is InChI=1S/C26H30N2O6/c1-16-11-12-28(23(13-16)25(30)31)24(29)22(15-33-2)27-26(32)34-14-21-19-9-5-3-7-17(19)18-8-4-6-10-20(18)21/h3-10,16,21-23H,11-15H2,1-2H3,(H,27,32)(H,30,31)/t16?,22-,23?/m0/s1. The molecule has 4 rings (SSSR count). The average molecular weight is 467 g/mol. The first-order chi connectivity index (χ1) is 16.4. The molecule has 0 bridgehead atoms. The molecule has 1 fully saturated rings. The maximum absolute atomic E-state index is 13.1. The van der Waals surface area contributed by atoms with E-state index in [0.29, 0.717) is 19.4 Å². The van der Waals surface area contributed by atoms with E-state index in [0.717, 1.165) is 22.3 Å². The van der Waals surface area contributed by atoms with Crippen LogP contribution in [0, 0.1) is 5.92 Å². The predicted molar refractivity (Wildman–Crippen MR) is 125 cm³/mol. The summed E-state index contributed by atoms with van der Waals surface area (Å²) in [7, 11) is 1.42. The van der Waals surface area contributed by atoms with Crippen LogP contribution in [0.4, 0.5) is 4.79 Å². The highest BCUT2D eigenvalue weighted by molar-refractivity contribution is 5.89. The van der Waals surface area contributed by atoms with E-state index in [-0.39, 0.29) is 25.0 Å². The van der Waals surface area contributed by atoms with Gasteiger partial charge in [0.1, 0.15) is 18.7 Å². The van der Waals surface area contributed by atoms with Crippen molar-refractivity contribution in [2.24, 2.45) is 5.92 Å². The van der Waals surface area contributed by atoms with Crippen LogP contribution in [0.2, 0.25) is 0 Å². The Morgan fingerprint density at radius 3 is 2.29 bits per heavy atom. The van der Waals surface area contributed by atoms with Crippen LogP contribution in [0.1, 0.15) is 36.8 Å². The lowest BCUT2D eigenvalue weighted by Gasteiger charge is -2.37. The zero-order valence-corrected chi connectivity index (χ0v) is 19.4.